The molecule has 0 fully saturated rings. The van der Waals surface area contributed by atoms with E-state index in [1.165, 1.54) is 0 Å². The summed E-state index contributed by atoms with van der Waals surface area (Å²) in [4.78, 5) is 4.45. The summed E-state index contributed by atoms with van der Waals surface area (Å²) in [6, 6.07) is 6.30. The highest BCUT2D eigenvalue weighted by molar-refractivity contribution is 5.08. The van der Waals surface area contributed by atoms with Crippen molar-refractivity contribution in [3.8, 4) is 0 Å². The van der Waals surface area contributed by atoms with Crippen LogP contribution in [0.4, 0.5) is 0 Å². The summed E-state index contributed by atoms with van der Waals surface area (Å²) < 4.78 is 0. The first kappa shape index (κ1) is 17.1. The molecule has 3 heteroatoms. The minimum atomic E-state index is -0.305. The van der Waals surface area contributed by atoms with Gasteiger partial charge in [0.2, 0.25) is 0 Å². The minimum absolute atomic E-state index is 0.144. The Balaban J connectivity index is 2.68. The van der Waals surface area contributed by atoms with Gasteiger partial charge in [-0.25, -0.2) is 0 Å². The van der Waals surface area contributed by atoms with Crippen molar-refractivity contribution in [3.63, 3.8) is 0 Å². The molecule has 20 heavy (non-hydrogen) atoms. The van der Waals surface area contributed by atoms with Crippen LogP contribution >= 0.6 is 0 Å². The van der Waals surface area contributed by atoms with Crippen molar-refractivity contribution >= 4 is 0 Å². The van der Waals surface area contributed by atoms with Gasteiger partial charge in [0, 0.05) is 24.2 Å². The smallest absolute Gasteiger partial charge is 0.0626 e. The molecule has 0 bridgehead atoms. The Hall–Kier alpha value is -0.930. The number of nitrogens with zero attached hydrogens (tertiary/aromatic N) is 1. The molecule has 0 saturated carbocycles. The van der Waals surface area contributed by atoms with E-state index in [0.717, 1.165) is 25.1 Å². The van der Waals surface area contributed by atoms with Gasteiger partial charge in [0.25, 0.3) is 0 Å². The van der Waals surface area contributed by atoms with E-state index in [9.17, 15) is 5.11 Å². The largest absolute Gasteiger partial charge is 0.392 e. The van der Waals surface area contributed by atoms with Crippen LogP contribution in [-0.4, -0.2) is 22.7 Å². The molecule has 0 radical (unpaired) electrons. The third-order valence-electron chi connectivity index (χ3n) is 3.86. The monoisotopic (exact) mass is 278 g/mol. The number of pyridine rings is 1. The van der Waals surface area contributed by atoms with Crippen LogP contribution in [-0.2, 0) is 0 Å². The topological polar surface area (TPSA) is 45.1 Å². The Morgan fingerprint density at radius 3 is 2.50 bits per heavy atom. The van der Waals surface area contributed by atoms with E-state index in [1.807, 2.05) is 18.3 Å². The average molecular weight is 278 g/mol. The third-order valence-corrected chi connectivity index (χ3v) is 3.86. The lowest BCUT2D eigenvalue weighted by atomic mass is 9.80. The van der Waals surface area contributed by atoms with Gasteiger partial charge in [-0.3, -0.25) is 4.98 Å². The van der Waals surface area contributed by atoms with Gasteiger partial charge >= 0.3 is 0 Å². The fourth-order valence-corrected chi connectivity index (χ4v) is 2.62. The highest BCUT2D eigenvalue weighted by Crippen LogP contribution is 2.27. The molecule has 0 aromatic carbocycles. The van der Waals surface area contributed by atoms with Crippen molar-refractivity contribution in [2.75, 3.05) is 6.54 Å². The predicted octanol–water partition coefficient (Wildman–Crippen LogP) is 3.56. The number of aromatic nitrogens is 1. The molecule has 2 unspecified atom stereocenters. The zero-order valence-corrected chi connectivity index (χ0v) is 13.6. The second-order valence-electron chi connectivity index (χ2n) is 6.65. The van der Waals surface area contributed by atoms with Crippen LogP contribution in [0.2, 0.25) is 0 Å². The summed E-state index contributed by atoms with van der Waals surface area (Å²) in [5.74, 6) is 0.270. The molecule has 0 aliphatic rings. The molecule has 2 atom stereocenters. The van der Waals surface area contributed by atoms with Crippen LogP contribution < -0.4 is 5.32 Å². The molecule has 1 rings (SSSR count). The van der Waals surface area contributed by atoms with E-state index in [-0.39, 0.29) is 23.5 Å². The molecule has 1 aromatic rings. The lowest BCUT2D eigenvalue weighted by molar-refractivity contribution is 0.0118. The first-order valence-corrected chi connectivity index (χ1v) is 7.71. The minimum Gasteiger partial charge on any atom is -0.392 e. The fraction of sp³-hybridized carbons (Fsp3) is 0.706. The highest BCUT2D eigenvalue weighted by atomic mass is 16.3. The zero-order valence-electron chi connectivity index (χ0n) is 13.6. The normalized spacial score (nSPS) is 15.3. The van der Waals surface area contributed by atoms with Gasteiger partial charge in [-0.05, 0) is 24.5 Å². The number of hydrogen-bond acceptors (Lipinski definition) is 3. The molecule has 0 aliphatic heterocycles. The number of hydrogen-bond donors (Lipinski definition) is 2. The maximum atomic E-state index is 10.3. The molecule has 2 N–H and O–H groups in total. The van der Waals surface area contributed by atoms with Crippen molar-refractivity contribution in [3.05, 3.63) is 30.1 Å². The van der Waals surface area contributed by atoms with E-state index < -0.39 is 0 Å². The quantitative estimate of drug-likeness (QED) is 0.764. The third kappa shape index (κ3) is 4.88. The zero-order chi connectivity index (χ0) is 15.2. The maximum Gasteiger partial charge on any atom is 0.0626 e. The van der Waals surface area contributed by atoms with Crippen molar-refractivity contribution in [1.82, 2.24) is 10.3 Å². The Bertz CT molecular complexity index is 376. The summed E-state index contributed by atoms with van der Waals surface area (Å²) in [6.07, 6.45) is 3.71. The molecular formula is C17H30N2O. The Morgan fingerprint density at radius 1 is 1.30 bits per heavy atom. The molecular weight excluding hydrogens is 248 g/mol. The van der Waals surface area contributed by atoms with Crippen LogP contribution in [0.5, 0.6) is 0 Å². The molecule has 1 aromatic heterocycles. The SMILES string of the molecule is CCCC(NCC(C)(C)C(O)C(C)C)c1ccccn1. The van der Waals surface area contributed by atoms with Crippen LogP contribution in [0.25, 0.3) is 0 Å². The summed E-state index contributed by atoms with van der Waals surface area (Å²) in [7, 11) is 0. The van der Waals surface area contributed by atoms with Gasteiger partial charge in [0.15, 0.2) is 0 Å². The maximum absolute atomic E-state index is 10.3. The van der Waals surface area contributed by atoms with Crippen molar-refractivity contribution < 1.29 is 5.11 Å². The molecule has 0 spiro atoms. The van der Waals surface area contributed by atoms with Crippen molar-refractivity contribution in [2.24, 2.45) is 11.3 Å². The van der Waals surface area contributed by atoms with E-state index in [1.54, 1.807) is 0 Å². The first-order valence-electron chi connectivity index (χ1n) is 7.71. The number of rotatable bonds is 8. The molecule has 114 valence electrons. The van der Waals surface area contributed by atoms with Crippen LogP contribution in [0.15, 0.2) is 24.4 Å². The standard InChI is InChI=1S/C17H30N2O/c1-6-9-14(15-10-7-8-11-18-15)19-12-17(4,5)16(20)13(2)3/h7-8,10-11,13-14,16,19-20H,6,9,12H2,1-5H3. The van der Waals surface area contributed by atoms with E-state index in [2.05, 4.69) is 51.0 Å². The number of nitrogens with one attached hydrogen (secondary N) is 1. The molecule has 3 nitrogen and oxygen atoms in total. The van der Waals surface area contributed by atoms with Crippen LogP contribution in [0.3, 0.4) is 0 Å². The second kappa shape index (κ2) is 7.75. The summed E-state index contributed by atoms with van der Waals surface area (Å²) in [5.41, 5.74) is 0.943. The lowest BCUT2D eigenvalue weighted by Gasteiger charge is -2.35. The highest BCUT2D eigenvalue weighted by Gasteiger charge is 2.30. The second-order valence-corrected chi connectivity index (χ2v) is 6.65. The van der Waals surface area contributed by atoms with E-state index in [0.29, 0.717) is 0 Å². The van der Waals surface area contributed by atoms with Gasteiger partial charge in [-0.15, -0.1) is 0 Å². The van der Waals surface area contributed by atoms with Crippen molar-refractivity contribution in [1.29, 1.82) is 0 Å². The van der Waals surface area contributed by atoms with Gasteiger partial charge in [0.05, 0.1) is 11.8 Å². The predicted molar refractivity (Wildman–Crippen MR) is 84.5 cm³/mol. The van der Waals surface area contributed by atoms with Crippen LogP contribution in [0.1, 0.15) is 59.2 Å². The van der Waals surface area contributed by atoms with Gasteiger partial charge < -0.3 is 10.4 Å². The number of aliphatic hydroxyl groups excluding tert-OH is 1. The average Bonchev–Trinajstić information content (AvgIpc) is 2.43. The fourth-order valence-electron chi connectivity index (χ4n) is 2.62. The summed E-state index contributed by atoms with van der Waals surface area (Å²) >= 11 is 0. The molecule has 1 heterocycles. The van der Waals surface area contributed by atoms with Gasteiger partial charge in [-0.1, -0.05) is 47.1 Å². The molecule has 0 saturated heterocycles. The van der Waals surface area contributed by atoms with Crippen molar-refractivity contribution in [2.45, 2.75) is 59.6 Å². The number of aliphatic hydroxyl groups is 1. The Kier molecular flexibility index (Phi) is 6.63. The Labute approximate surface area is 123 Å². The lowest BCUT2D eigenvalue weighted by Crippen LogP contribution is -2.43. The molecule has 0 amide bonds. The molecule has 0 aliphatic carbocycles. The van der Waals surface area contributed by atoms with Crippen LogP contribution in [0, 0.1) is 11.3 Å². The Morgan fingerprint density at radius 2 is 2.00 bits per heavy atom. The van der Waals surface area contributed by atoms with Gasteiger partial charge in [0.1, 0.15) is 0 Å². The summed E-state index contributed by atoms with van der Waals surface area (Å²) in [5, 5.41) is 13.9. The van der Waals surface area contributed by atoms with Gasteiger partial charge in [-0.2, -0.15) is 0 Å². The van der Waals surface area contributed by atoms with E-state index in [4.69, 9.17) is 0 Å². The first-order chi connectivity index (χ1) is 9.38. The summed E-state index contributed by atoms with van der Waals surface area (Å²) in [6.45, 7) is 11.3. The van der Waals surface area contributed by atoms with E-state index >= 15 is 0 Å².